The number of nitrogens with one attached hydrogen (secondary N) is 3. The molecule has 6 atom stereocenters. The fourth-order valence-electron chi connectivity index (χ4n) is 5.67. The van der Waals surface area contributed by atoms with Crippen LogP contribution in [-0.2, 0) is 26.0 Å². The molecular weight excluding hydrogens is 602 g/mol. The van der Waals surface area contributed by atoms with Crippen molar-refractivity contribution in [1.29, 1.82) is 0 Å². The van der Waals surface area contributed by atoms with Crippen LogP contribution in [0.1, 0.15) is 88.6 Å². The molecule has 0 saturated heterocycles. The summed E-state index contributed by atoms with van der Waals surface area (Å²) in [6.07, 6.45) is 5.44. The van der Waals surface area contributed by atoms with E-state index in [0.717, 1.165) is 35.3 Å². The molecule has 1 amide bonds. The van der Waals surface area contributed by atoms with Gasteiger partial charge in [0.15, 0.2) is 0 Å². The largest absolute Gasteiger partial charge is 0.491 e. The molecule has 1 aliphatic rings. The van der Waals surface area contributed by atoms with E-state index in [-0.39, 0.29) is 31.2 Å². The summed E-state index contributed by atoms with van der Waals surface area (Å²) in [6, 6.07) is 13.7. The maximum absolute atomic E-state index is 13.6. The number of aliphatic hydroxyl groups is 1. The predicted octanol–water partition coefficient (Wildman–Crippen LogP) is 5.28. The molecule has 2 aromatic rings. The number of aliphatic hydroxyl groups excluding tert-OH is 1. The van der Waals surface area contributed by atoms with E-state index in [1.807, 2.05) is 69.3 Å². The van der Waals surface area contributed by atoms with E-state index in [2.05, 4.69) is 28.5 Å². The molecule has 3 rings (SSSR count). The molecule has 0 aliphatic heterocycles. The van der Waals surface area contributed by atoms with Crippen LogP contribution < -0.4 is 20.1 Å². The van der Waals surface area contributed by atoms with Crippen LogP contribution in [0.2, 0.25) is 0 Å². The average Bonchev–Trinajstić information content (AvgIpc) is 3.37. The first-order valence-corrected chi connectivity index (χ1v) is 17.9. The quantitative estimate of drug-likeness (QED) is 0.135. The molecule has 0 aromatic heterocycles. The number of ether oxygens (including phenoxy) is 2. The molecule has 1 aliphatic carbocycles. The van der Waals surface area contributed by atoms with E-state index < -0.39 is 39.4 Å². The number of amides is 1. The van der Waals surface area contributed by atoms with Crippen molar-refractivity contribution >= 4 is 15.9 Å². The highest BCUT2D eigenvalue weighted by atomic mass is 32.2. The van der Waals surface area contributed by atoms with Crippen molar-refractivity contribution in [2.45, 2.75) is 108 Å². The average molecular weight is 656 g/mol. The van der Waals surface area contributed by atoms with Gasteiger partial charge in [-0.1, -0.05) is 68.3 Å². The van der Waals surface area contributed by atoms with E-state index in [1.165, 1.54) is 6.08 Å². The van der Waals surface area contributed by atoms with Crippen molar-refractivity contribution in [2.24, 2.45) is 0 Å². The summed E-state index contributed by atoms with van der Waals surface area (Å²) in [5.74, 6) is 0.255. The number of unbranched alkanes of at least 4 members (excludes halogenated alkanes) is 1. The minimum absolute atomic E-state index is 0.0248. The first-order chi connectivity index (χ1) is 22.0. The van der Waals surface area contributed by atoms with Gasteiger partial charge in [0.1, 0.15) is 11.8 Å². The normalized spacial score (nSPS) is 18.7. The minimum atomic E-state index is -3.75. The van der Waals surface area contributed by atoms with Crippen molar-refractivity contribution in [3.8, 4) is 5.75 Å². The van der Waals surface area contributed by atoms with Crippen LogP contribution in [0.3, 0.4) is 0 Å². The van der Waals surface area contributed by atoms with Crippen molar-refractivity contribution in [3.63, 3.8) is 0 Å². The van der Waals surface area contributed by atoms with Gasteiger partial charge in [0.25, 0.3) is 0 Å². The summed E-state index contributed by atoms with van der Waals surface area (Å²) < 4.78 is 40.7. The molecule has 46 heavy (non-hydrogen) atoms. The van der Waals surface area contributed by atoms with Gasteiger partial charge in [-0.2, -0.15) is 0 Å². The smallest absolute Gasteiger partial charge is 0.238 e. The maximum Gasteiger partial charge on any atom is 0.238 e. The zero-order chi connectivity index (χ0) is 33.7. The molecule has 9 nitrogen and oxygen atoms in total. The highest BCUT2D eigenvalue weighted by molar-refractivity contribution is 7.90. The molecule has 0 radical (unpaired) electrons. The Balaban J connectivity index is 1.78. The summed E-state index contributed by atoms with van der Waals surface area (Å²) in [7, 11) is -3.75. The highest BCUT2D eigenvalue weighted by Crippen LogP contribution is 2.42. The van der Waals surface area contributed by atoms with Gasteiger partial charge in [-0.3, -0.25) is 4.79 Å². The first-order valence-electron chi connectivity index (χ1n) is 16.4. The molecule has 2 aromatic carbocycles. The molecule has 0 bridgehead atoms. The number of rotatable bonds is 21. The molecule has 0 heterocycles. The van der Waals surface area contributed by atoms with Crippen LogP contribution in [-0.4, -0.2) is 62.1 Å². The SMILES string of the molecule is C=CCO[C@@H]1C[C@H](NC[C@@H](O)[C@H](Cc2ccccc2)NC(=O)[C@H](CC=C)NS(=O)(=O)C(C)CCCC)c2cc(OC(C)C)ccc21. The third-order valence-electron chi connectivity index (χ3n) is 8.20. The predicted molar refractivity (Wildman–Crippen MR) is 184 cm³/mol. The fourth-order valence-corrected chi connectivity index (χ4v) is 6.98. The molecule has 0 spiro atoms. The number of carbonyl (C=O) groups excluding carboxylic acids is 1. The molecule has 1 unspecified atom stereocenters. The fraction of sp³-hybridized carbons (Fsp3) is 0.528. The van der Waals surface area contributed by atoms with Crippen molar-refractivity contribution in [1.82, 2.24) is 15.4 Å². The third-order valence-corrected chi connectivity index (χ3v) is 10.1. The van der Waals surface area contributed by atoms with E-state index in [4.69, 9.17) is 9.47 Å². The second kappa shape index (κ2) is 18.4. The maximum atomic E-state index is 13.6. The first kappa shape index (κ1) is 37.4. The van der Waals surface area contributed by atoms with E-state index in [0.29, 0.717) is 25.9 Å². The Morgan fingerprint density at radius 2 is 1.83 bits per heavy atom. The number of fused-ring (bicyclic) bond motifs is 1. The van der Waals surface area contributed by atoms with Crippen LogP contribution in [0.15, 0.2) is 73.8 Å². The van der Waals surface area contributed by atoms with Gasteiger partial charge in [-0.25, -0.2) is 13.1 Å². The van der Waals surface area contributed by atoms with Gasteiger partial charge >= 0.3 is 0 Å². The number of sulfonamides is 1. The summed E-state index contributed by atoms with van der Waals surface area (Å²) in [4.78, 5) is 13.6. The standard InChI is InChI=1S/C36H53N3O6S/c1-7-10-15-26(6)46(42,43)39-31(14-8-2)36(41)38-33(21-27-16-12-11-13-17-27)34(40)24-37-32-23-35(44-20-9-3)29-19-18-28(22-30(29)32)45-25(4)5/h8-9,11-13,16-19,22,25-26,31-35,37,39-40H,2-3,7,10,14-15,20-21,23-24H2,1,4-6H3,(H,38,41)/t26?,31-,32-,33-,34+,35+/m0/s1. The Kier molecular flexibility index (Phi) is 14.9. The third kappa shape index (κ3) is 11.1. The second-order valence-electron chi connectivity index (χ2n) is 12.3. The van der Waals surface area contributed by atoms with Crippen molar-refractivity contribution in [2.75, 3.05) is 13.2 Å². The van der Waals surface area contributed by atoms with Gasteiger partial charge in [0, 0.05) is 12.6 Å². The summed E-state index contributed by atoms with van der Waals surface area (Å²) in [6.45, 7) is 15.7. The number of benzene rings is 2. The lowest BCUT2D eigenvalue weighted by Gasteiger charge is -2.28. The van der Waals surface area contributed by atoms with Crippen LogP contribution in [0.4, 0.5) is 0 Å². The van der Waals surface area contributed by atoms with Crippen LogP contribution in [0, 0.1) is 0 Å². The second-order valence-corrected chi connectivity index (χ2v) is 14.5. The lowest BCUT2D eigenvalue weighted by Crippen LogP contribution is -2.55. The number of hydrogen-bond acceptors (Lipinski definition) is 7. The Hall–Kier alpha value is -3.02. The molecule has 0 fully saturated rings. The van der Waals surface area contributed by atoms with E-state index >= 15 is 0 Å². The lowest BCUT2D eigenvalue weighted by atomic mass is 9.99. The monoisotopic (exact) mass is 655 g/mol. The van der Waals surface area contributed by atoms with Gasteiger partial charge in [0.2, 0.25) is 15.9 Å². The topological polar surface area (TPSA) is 126 Å². The van der Waals surface area contributed by atoms with E-state index in [1.54, 1.807) is 13.0 Å². The van der Waals surface area contributed by atoms with Gasteiger partial charge in [-0.15, -0.1) is 13.2 Å². The molecular formula is C36H53N3O6S. The zero-order valence-corrected chi connectivity index (χ0v) is 28.6. The van der Waals surface area contributed by atoms with E-state index in [9.17, 15) is 18.3 Å². The van der Waals surface area contributed by atoms with Crippen LogP contribution in [0.5, 0.6) is 5.75 Å². The Morgan fingerprint density at radius 1 is 1.09 bits per heavy atom. The van der Waals surface area contributed by atoms with Gasteiger partial charge in [0.05, 0.1) is 36.2 Å². The summed E-state index contributed by atoms with van der Waals surface area (Å²) in [5.41, 5.74) is 3.04. The Morgan fingerprint density at radius 3 is 2.48 bits per heavy atom. The molecule has 10 heteroatoms. The molecule has 4 N–H and O–H groups in total. The number of hydrogen-bond donors (Lipinski definition) is 4. The summed E-state index contributed by atoms with van der Waals surface area (Å²) >= 11 is 0. The number of carbonyl (C=O) groups is 1. The molecule has 0 saturated carbocycles. The lowest BCUT2D eigenvalue weighted by molar-refractivity contribution is -0.124. The van der Waals surface area contributed by atoms with Gasteiger partial charge in [-0.05, 0) is 75.3 Å². The highest BCUT2D eigenvalue weighted by Gasteiger charge is 2.34. The molecule has 254 valence electrons. The Labute approximate surface area is 275 Å². The van der Waals surface area contributed by atoms with Crippen LogP contribution in [0.25, 0.3) is 0 Å². The van der Waals surface area contributed by atoms with Crippen molar-refractivity contribution in [3.05, 3.63) is 90.5 Å². The zero-order valence-electron chi connectivity index (χ0n) is 27.8. The minimum Gasteiger partial charge on any atom is -0.491 e. The van der Waals surface area contributed by atoms with Crippen LogP contribution >= 0.6 is 0 Å². The van der Waals surface area contributed by atoms with Crippen molar-refractivity contribution < 1.29 is 27.8 Å². The van der Waals surface area contributed by atoms with Gasteiger partial charge < -0.3 is 25.2 Å². The Bertz CT molecular complexity index is 1370. The summed E-state index contributed by atoms with van der Waals surface area (Å²) in [5, 5.41) is 17.4.